The molecule has 3 aromatic rings. The molecule has 3 nitrogen and oxygen atoms in total. The van der Waals surface area contributed by atoms with Crippen molar-refractivity contribution in [3.05, 3.63) is 138 Å². The molecule has 2 aliphatic carbocycles. The Labute approximate surface area is 206 Å². The molecule has 170 valence electrons. The number of fused-ring (bicyclic) bond motifs is 1. The van der Waals surface area contributed by atoms with Gasteiger partial charge >= 0.3 is 0 Å². The lowest BCUT2D eigenvalue weighted by Crippen LogP contribution is -2.28. The quantitative estimate of drug-likeness (QED) is 0.391. The molecule has 0 spiro atoms. The largest absolute Gasteiger partial charge is 0.363 e. The number of rotatable bonds is 6. The van der Waals surface area contributed by atoms with Crippen molar-refractivity contribution in [3.8, 4) is 11.1 Å². The Morgan fingerprint density at radius 3 is 2.40 bits per heavy atom. The van der Waals surface area contributed by atoms with E-state index < -0.39 is 0 Å². The predicted octanol–water partition coefficient (Wildman–Crippen LogP) is 6.92. The third kappa shape index (κ3) is 3.89. The second-order valence-corrected chi connectivity index (χ2v) is 9.36. The summed E-state index contributed by atoms with van der Waals surface area (Å²) in [6.45, 7) is 2.08. The highest BCUT2D eigenvalue weighted by Crippen LogP contribution is 2.57. The van der Waals surface area contributed by atoms with Gasteiger partial charge in [0, 0.05) is 28.8 Å². The fraction of sp³-hybridized carbons (Fsp3) is 0.125. The highest BCUT2D eigenvalue weighted by molar-refractivity contribution is 6.13. The number of nitrogens with zero attached hydrogens (tertiary/aromatic N) is 1. The maximum atomic E-state index is 8.19. The minimum Gasteiger partial charge on any atom is -0.363 e. The molecule has 3 aromatic carbocycles. The third-order valence-corrected chi connectivity index (χ3v) is 7.07. The molecule has 2 N–H and O–H groups in total. The average molecular weight is 454 g/mol. The summed E-state index contributed by atoms with van der Waals surface area (Å²) in [5.74, 6) is -0.00706. The van der Waals surface area contributed by atoms with Gasteiger partial charge in [0.2, 0.25) is 0 Å². The Kier molecular flexibility index (Phi) is 5.18. The summed E-state index contributed by atoms with van der Waals surface area (Å²) in [4.78, 5) is 4.89. The van der Waals surface area contributed by atoms with Crippen LogP contribution in [0.4, 0.5) is 0 Å². The Morgan fingerprint density at radius 1 is 0.886 bits per heavy atom. The fourth-order valence-corrected chi connectivity index (χ4v) is 5.19. The lowest BCUT2D eigenvalue weighted by atomic mass is 9.78. The number of aliphatic imine (C=N–C) groups is 1. The zero-order valence-corrected chi connectivity index (χ0v) is 19.6. The summed E-state index contributed by atoms with van der Waals surface area (Å²) in [7, 11) is 0. The van der Waals surface area contributed by atoms with E-state index in [1.807, 2.05) is 6.07 Å². The molecule has 2 unspecified atom stereocenters. The standard InChI is InChI=1S/C32H27N3/c1-22-34-30(25-15-13-24(14-16-25)23-8-3-2-4-9-23)19-31(35-22)27-11-7-10-26(18-27)29(21-33)32-17-6-5-12-28(32)20-32/h2-22,29,33-34H,1H3/t22?,29?,32-/m0/s1. The van der Waals surface area contributed by atoms with Gasteiger partial charge in [-0.3, -0.25) is 4.99 Å². The van der Waals surface area contributed by atoms with E-state index in [0.717, 1.165) is 28.1 Å². The number of allylic oxidation sites excluding steroid dienone is 7. The van der Waals surface area contributed by atoms with Crippen molar-refractivity contribution >= 4 is 17.6 Å². The lowest BCUT2D eigenvalue weighted by molar-refractivity contribution is 0.651. The van der Waals surface area contributed by atoms with Gasteiger partial charge in [-0.2, -0.15) is 0 Å². The molecule has 35 heavy (non-hydrogen) atoms. The second-order valence-electron chi connectivity index (χ2n) is 9.36. The van der Waals surface area contributed by atoms with E-state index in [0.29, 0.717) is 0 Å². The van der Waals surface area contributed by atoms with E-state index in [1.165, 1.54) is 16.7 Å². The normalized spacial score (nSPS) is 22.8. The van der Waals surface area contributed by atoms with Gasteiger partial charge in [-0.15, -0.1) is 0 Å². The van der Waals surface area contributed by atoms with Gasteiger partial charge in [0.05, 0.1) is 5.71 Å². The van der Waals surface area contributed by atoms with Crippen LogP contribution in [0.1, 0.15) is 29.5 Å². The van der Waals surface area contributed by atoms with Crippen molar-refractivity contribution in [1.29, 1.82) is 5.41 Å². The first-order chi connectivity index (χ1) is 17.2. The summed E-state index contributed by atoms with van der Waals surface area (Å²) in [6, 6.07) is 27.6. The Bertz CT molecular complexity index is 1440. The SMILES string of the molecule is CC1N=C(c2cccc(C(C=N)[C@]34C=CC=CC3=C4)c2)C=C(c2ccc(-c3ccccc3)cc2)N1. The predicted molar refractivity (Wildman–Crippen MR) is 146 cm³/mol. The van der Waals surface area contributed by atoms with Gasteiger partial charge in [0.1, 0.15) is 6.17 Å². The van der Waals surface area contributed by atoms with Crippen LogP contribution in [0.2, 0.25) is 0 Å². The Morgan fingerprint density at radius 2 is 1.63 bits per heavy atom. The van der Waals surface area contributed by atoms with E-state index in [4.69, 9.17) is 10.4 Å². The van der Waals surface area contributed by atoms with Crippen LogP contribution < -0.4 is 5.32 Å². The molecule has 0 saturated carbocycles. The minimum absolute atomic E-state index is 0.00706. The van der Waals surface area contributed by atoms with Crippen molar-refractivity contribution in [1.82, 2.24) is 5.32 Å². The van der Waals surface area contributed by atoms with Gasteiger partial charge in [0.25, 0.3) is 0 Å². The van der Waals surface area contributed by atoms with E-state index in [1.54, 1.807) is 6.21 Å². The third-order valence-electron chi connectivity index (χ3n) is 7.07. The molecule has 0 saturated heterocycles. The van der Waals surface area contributed by atoms with Crippen molar-refractivity contribution in [2.75, 3.05) is 0 Å². The van der Waals surface area contributed by atoms with E-state index >= 15 is 0 Å². The van der Waals surface area contributed by atoms with Gasteiger partial charge in [-0.1, -0.05) is 103 Å². The zero-order valence-electron chi connectivity index (χ0n) is 19.6. The van der Waals surface area contributed by atoms with Gasteiger partial charge in [-0.25, -0.2) is 0 Å². The summed E-state index contributed by atoms with van der Waals surface area (Å²) >= 11 is 0. The molecule has 1 aliphatic heterocycles. The number of nitrogens with one attached hydrogen (secondary N) is 2. The first kappa shape index (κ1) is 21.3. The van der Waals surface area contributed by atoms with Gasteiger partial charge in [-0.05, 0) is 46.9 Å². The average Bonchev–Trinajstić information content (AvgIpc) is 3.65. The van der Waals surface area contributed by atoms with Gasteiger partial charge in [0.15, 0.2) is 0 Å². The molecular formula is C32H27N3. The Balaban J connectivity index is 1.29. The Hall–Kier alpha value is -4.24. The molecule has 0 fully saturated rings. The van der Waals surface area contributed by atoms with E-state index in [2.05, 4.69) is 121 Å². The highest BCUT2D eigenvalue weighted by atomic mass is 15.1. The summed E-state index contributed by atoms with van der Waals surface area (Å²) in [6.07, 6.45) is 14.5. The fourth-order valence-electron chi connectivity index (χ4n) is 5.19. The summed E-state index contributed by atoms with van der Waals surface area (Å²) < 4.78 is 0. The van der Waals surface area contributed by atoms with Crippen LogP contribution in [0.15, 0.2) is 126 Å². The van der Waals surface area contributed by atoms with Crippen LogP contribution in [-0.2, 0) is 0 Å². The maximum Gasteiger partial charge on any atom is 0.116 e. The number of hydrogen-bond acceptors (Lipinski definition) is 3. The molecule has 3 atom stereocenters. The second kappa shape index (κ2) is 8.52. The van der Waals surface area contributed by atoms with Crippen LogP contribution in [0.5, 0.6) is 0 Å². The van der Waals surface area contributed by atoms with Crippen LogP contribution >= 0.6 is 0 Å². The smallest absolute Gasteiger partial charge is 0.116 e. The molecule has 0 aromatic heterocycles. The monoisotopic (exact) mass is 453 g/mol. The van der Waals surface area contributed by atoms with Crippen molar-refractivity contribution in [2.24, 2.45) is 10.4 Å². The van der Waals surface area contributed by atoms with E-state index in [-0.39, 0.29) is 17.5 Å². The molecule has 0 bridgehead atoms. The molecule has 6 rings (SSSR count). The van der Waals surface area contributed by atoms with E-state index in [9.17, 15) is 0 Å². The molecular weight excluding hydrogens is 426 g/mol. The topological polar surface area (TPSA) is 48.2 Å². The maximum absolute atomic E-state index is 8.19. The van der Waals surface area contributed by atoms with Crippen LogP contribution in [0.25, 0.3) is 16.8 Å². The first-order valence-corrected chi connectivity index (χ1v) is 12.1. The molecule has 3 heteroatoms. The van der Waals surface area contributed by atoms with Crippen LogP contribution in [0.3, 0.4) is 0 Å². The zero-order chi connectivity index (χ0) is 23.8. The number of hydrogen-bond donors (Lipinski definition) is 2. The summed E-state index contributed by atoms with van der Waals surface area (Å²) in [5.41, 5.74) is 8.97. The summed E-state index contributed by atoms with van der Waals surface area (Å²) in [5, 5.41) is 11.7. The number of benzene rings is 3. The molecule has 0 radical (unpaired) electrons. The highest BCUT2D eigenvalue weighted by Gasteiger charge is 2.47. The minimum atomic E-state index is -0.139. The lowest BCUT2D eigenvalue weighted by Gasteiger charge is -2.25. The molecule has 0 amide bonds. The van der Waals surface area contributed by atoms with Crippen molar-refractivity contribution in [3.63, 3.8) is 0 Å². The van der Waals surface area contributed by atoms with Crippen LogP contribution in [-0.4, -0.2) is 18.1 Å². The van der Waals surface area contributed by atoms with Crippen molar-refractivity contribution < 1.29 is 0 Å². The van der Waals surface area contributed by atoms with Gasteiger partial charge < -0.3 is 10.7 Å². The van der Waals surface area contributed by atoms with Crippen molar-refractivity contribution in [2.45, 2.75) is 19.0 Å². The van der Waals surface area contributed by atoms with Crippen LogP contribution in [0, 0.1) is 10.8 Å². The first-order valence-electron chi connectivity index (χ1n) is 12.1. The molecule has 1 heterocycles. The molecule has 3 aliphatic rings.